The van der Waals surface area contributed by atoms with Gasteiger partial charge in [-0.05, 0) is 37.1 Å². The lowest BCUT2D eigenvalue weighted by molar-refractivity contribution is -0.137. The van der Waals surface area contributed by atoms with Crippen LogP contribution in [0, 0.1) is 13.8 Å². The molecule has 0 bridgehead atoms. The van der Waals surface area contributed by atoms with Gasteiger partial charge in [0.05, 0.1) is 11.1 Å². The molecule has 5 nitrogen and oxygen atoms in total. The molecule has 0 spiro atoms. The van der Waals surface area contributed by atoms with Crippen molar-refractivity contribution in [1.82, 2.24) is 4.57 Å². The molecule has 0 fully saturated rings. The fraction of sp³-hybridized carbons (Fsp3) is 0.231. The first-order valence-corrected chi connectivity index (χ1v) is 5.46. The van der Waals surface area contributed by atoms with Crippen LogP contribution >= 0.6 is 0 Å². The predicted molar refractivity (Wildman–Crippen MR) is 66.0 cm³/mol. The van der Waals surface area contributed by atoms with Gasteiger partial charge in [0.25, 0.3) is 0 Å². The summed E-state index contributed by atoms with van der Waals surface area (Å²) in [6, 6.07) is 3.34. The monoisotopic (exact) mass is 247 g/mol. The number of aliphatic carboxylic acids is 1. The normalized spacial score (nSPS) is 10.8. The maximum Gasteiger partial charge on any atom is 0.335 e. The molecule has 0 amide bonds. The molecule has 2 N–H and O–H groups in total. The summed E-state index contributed by atoms with van der Waals surface area (Å²) in [5, 5.41) is 18.7. The van der Waals surface area contributed by atoms with E-state index in [2.05, 4.69) is 0 Å². The van der Waals surface area contributed by atoms with Gasteiger partial charge in [-0.15, -0.1) is 0 Å². The van der Waals surface area contributed by atoms with Crippen molar-refractivity contribution in [3.63, 3.8) is 0 Å². The Morgan fingerprint density at radius 3 is 2.50 bits per heavy atom. The maximum atomic E-state index is 11.1. The third-order valence-corrected chi connectivity index (χ3v) is 3.04. The van der Waals surface area contributed by atoms with Gasteiger partial charge in [0.1, 0.15) is 6.54 Å². The highest BCUT2D eigenvalue weighted by atomic mass is 16.4. The van der Waals surface area contributed by atoms with E-state index in [0.29, 0.717) is 5.56 Å². The van der Waals surface area contributed by atoms with Crippen LogP contribution in [0.1, 0.15) is 21.5 Å². The van der Waals surface area contributed by atoms with Gasteiger partial charge in [0, 0.05) is 11.6 Å². The number of rotatable bonds is 3. The van der Waals surface area contributed by atoms with Crippen LogP contribution in [0.5, 0.6) is 0 Å². The quantitative estimate of drug-likeness (QED) is 0.869. The van der Waals surface area contributed by atoms with Gasteiger partial charge in [-0.25, -0.2) is 4.79 Å². The summed E-state index contributed by atoms with van der Waals surface area (Å²) in [5.74, 6) is -1.89. The van der Waals surface area contributed by atoms with Gasteiger partial charge in [-0.3, -0.25) is 4.79 Å². The van der Waals surface area contributed by atoms with Gasteiger partial charge in [-0.1, -0.05) is 0 Å². The van der Waals surface area contributed by atoms with Crippen LogP contribution in [0.3, 0.4) is 0 Å². The van der Waals surface area contributed by atoms with Crippen molar-refractivity contribution in [2.24, 2.45) is 0 Å². The molecule has 94 valence electrons. The number of hydrogen-bond donors (Lipinski definition) is 2. The minimum atomic E-state index is -0.969. The Morgan fingerprint density at radius 1 is 1.28 bits per heavy atom. The van der Waals surface area contributed by atoms with E-state index in [-0.39, 0.29) is 12.1 Å². The number of hydrogen-bond acceptors (Lipinski definition) is 2. The lowest BCUT2D eigenvalue weighted by Crippen LogP contribution is -2.08. The number of carboxylic acids is 2. The minimum absolute atomic E-state index is 0.129. The molecule has 5 heteroatoms. The van der Waals surface area contributed by atoms with Gasteiger partial charge < -0.3 is 14.8 Å². The molecule has 0 unspecified atom stereocenters. The van der Waals surface area contributed by atoms with E-state index in [0.717, 1.165) is 16.5 Å². The lowest BCUT2D eigenvalue weighted by atomic mass is 10.0. The number of aromatic carboxylic acids is 1. The molecule has 0 aliphatic heterocycles. The molecule has 1 heterocycles. The van der Waals surface area contributed by atoms with Gasteiger partial charge in [0.15, 0.2) is 0 Å². The highest BCUT2D eigenvalue weighted by Crippen LogP contribution is 2.26. The van der Waals surface area contributed by atoms with Crippen LogP contribution in [0.2, 0.25) is 0 Å². The van der Waals surface area contributed by atoms with E-state index in [1.807, 2.05) is 0 Å². The molecule has 0 saturated carbocycles. The Hall–Kier alpha value is -2.30. The van der Waals surface area contributed by atoms with Crippen molar-refractivity contribution >= 4 is 22.8 Å². The van der Waals surface area contributed by atoms with Gasteiger partial charge in [-0.2, -0.15) is 0 Å². The van der Waals surface area contributed by atoms with Crippen molar-refractivity contribution in [2.45, 2.75) is 20.4 Å². The predicted octanol–water partition coefficient (Wildman–Crippen LogP) is 2.04. The van der Waals surface area contributed by atoms with Crippen molar-refractivity contribution in [3.05, 3.63) is 35.0 Å². The van der Waals surface area contributed by atoms with Gasteiger partial charge in [0.2, 0.25) is 0 Å². The minimum Gasteiger partial charge on any atom is -0.480 e. The Labute approximate surface area is 103 Å². The third-order valence-electron chi connectivity index (χ3n) is 3.04. The Morgan fingerprint density at radius 2 is 1.94 bits per heavy atom. The van der Waals surface area contributed by atoms with E-state index in [9.17, 15) is 9.59 Å². The summed E-state index contributed by atoms with van der Waals surface area (Å²) in [7, 11) is 0. The molecular formula is C13H13NO4. The number of carbonyl (C=O) groups is 2. The average molecular weight is 247 g/mol. The standard InChI is InChI=1S/C13H13NO4/c1-7-5-10(13(17)18)8(2)9-3-4-14(12(7)9)6-11(15)16/h3-5H,6H2,1-2H3,(H,15,16)(H,17,18). The van der Waals surface area contributed by atoms with Crippen LogP contribution in [0.25, 0.3) is 10.9 Å². The number of nitrogens with zero attached hydrogens (tertiary/aromatic N) is 1. The van der Waals surface area contributed by atoms with Crippen LogP contribution < -0.4 is 0 Å². The van der Waals surface area contributed by atoms with Crippen molar-refractivity contribution < 1.29 is 19.8 Å². The molecule has 0 aliphatic carbocycles. The number of carboxylic acid groups (broad SMARTS) is 2. The van der Waals surface area contributed by atoms with E-state index in [1.54, 1.807) is 36.7 Å². The Bertz CT molecular complexity index is 655. The zero-order valence-corrected chi connectivity index (χ0v) is 10.1. The van der Waals surface area contributed by atoms with Crippen molar-refractivity contribution in [3.8, 4) is 0 Å². The highest BCUT2D eigenvalue weighted by molar-refractivity contribution is 5.98. The number of fused-ring (bicyclic) bond motifs is 1. The first-order chi connectivity index (χ1) is 8.41. The summed E-state index contributed by atoms with van der Waals surface area (Å²) in [6.45, 7) is 3.39. The fourth-order valence-electron chi connectivity index (χ4n) is 2.25. The van der Waals surface area contributed by atoms with E-state index < -0.39 is 11.9 Å². The first kappa shape index (κ1) is 12.2. The van der Waals surface area contributed by atoms with E-state index >= 15 is 0 Å². The highest BCUT2D eigenvalue weighted by Gasteiger charge is 2.15. The zero-order valence-electron chi connectivity index (χ0n) is 10.1. The molecule has 18 heavy (non-hydrogen) atoms. The van der Waals surface area contributed by atoms with Gasteiger partial charge >= 0.3 is 11.9 Å². The first-order valence-electron chi connectivity index (χ1n) is 5.46. The summed E-state index contributed by atoms with van der Waals surface area (Å²) >= 11 is 0. The third kappa shape index (κ3) is 1.84. The smallest absolute Gasteiger partial charge is 0.335 e. The van der Waals surface area contributed by atoms with Crippen molar-refractivity contribution in [2.75, 3.05) is 0 Å². The molecule has 0 saturated heterocycles. The van der Waals surface area contributed by atoms with Crippen LogP contribution in [-0.2, 0) is 11.3 Å². The maximum absolute atomic E-state index is 11.1. The van der Waals surface area contributed by atoms with Crippen LogP contribution in [0.4, 0.5) is 0 Å². The molecule has 0 atom stereocenters. The second-order valence-corrected chi connectivity index (χ2v) is 4.27. The molecule has 1 aromatic carbocycles. The second kappa shape index (κ2) is 4.18. The zero-order chi connectivity index (χ0) is 13.4. The molecule has 2 rings (SSSR count). The topological polar surface area (TPSA) is 79.5 Å². The van der Waals surface area contributed by atoms with Crippen molar-refractivity contribution in [1.29, 1.82) is 0 Å². The Kier molecular flexibility index (Phi) is 2.82. The average Bonchev–Trinajstić information content (AvgIpc) is 2.66. The Balaban J connectivity index is 2.73. The second-order valence-electron chi connectivity index (χ2n) is 4.27. The van der Waals surface area contributed by atoms with Crippen LogP contribution in [0.15, 0.2) is 18.3 Å². The van der Waals surface area contributed by atoms with E-state index in [4.69, 9.17) is 10.2 Å². The lowest BCUT2D eigenvalue weighted by Gasteiger charge is -2.09. The number of benzene rings is 1. The number of aromatic nitrogens is 1. The van der Waals surface area contributed by atoms with Crippen LogP contribution in [-0.4, -0.2) is 26.7 Å². The molecular weight excluding hydrogens is 234 g/mol. The molecule has 1 aromatic heterocycles. The number of aryl methyl sites for hydroxylation is 2. The SMILES string of the molecule is Cc1c(C(=O)O)cc(C)c2c1ccn2CC(=O)O. The largest absolute Gasteiger partial charge is 0.480 e. The molecule has 0 aliphatic rings. The van der Waals surface area contributed by atoms with E-state index in [1.165, 1.54) is 0 Å². The molecule has 0 radical (unpaired) electrons. The summed E-state index contributed by atoms with van der Waals surface area (Å²) in [4.78, 5) is 21.9. The summed E-state index contributed by atoms with van der Waals surface area (Å²) in [5.41, 5.74) is 2.46. The summed E-state index contributed by atoms with van der Waals surface area (Å²) in [6.07, 6.45) is 1.67. The molecule has 2 aromatic rings. The fourth-order valence-corrected chi connectivity index (χ4v) is 2.25. The summed E-state index contributed by atoms with van der Waals surface area (Å²) < 4.78 is 1.62.